The number of aryl methyl sites for hydroxylation is 1. The molecule has 1 aliphatic rings. The molecule has 0 saturated carbocycles. The van der Waals surface area contributed by atoms with Crippen molar-refractivity contribution in [2.75, 3.05) is 23.8 Å². The minimum atomic E-state index is -0.0885. The van der Waals surface area contributed by atoms with E-state index in [9.17, 15) is 0 Å². The first kappa shape index (κ1) is 11.9. The van der Waals surface area contributed by atoms with E-state index in [1.807, 2.05) is 18.7 Å². The molecule has 0 aliphatic carbocycles. The lowest BCUT2D eigenvalue weighted by Gasteiger charge is -2.18. The van der Waals surface area contributed by atoms with E-state index >= 15 is 0 Å². The number of anilines is 1. The Kier molecular flexibility index (Phi) is 3.23. The Morgan fingerprint density at radius 3 is 3.00 bits per heavy atom. The number of nitrogens with zero attached hydrogens (tertiary/aromatic N) is 3. The molecule has 0 amide bonds. The van der Waals surface area contributed by atoms with E-state index in [4.69, 9.17) is 15.0 Å². The molecule has 2 aromatic rings. The quantitative estimate of drug-likeness (QED) is 0.901. The highest BCUT2D eigenvalue weighted by Gasteiger charge is 2.24. The first-order valence-electron chi connectivity index (χ1n) is 5.51. The lowest BCUT2D eigenvalue weighted by Crippen LogP contribution is -2.16. The van der Waals surface area contributed by atoms with Crippen molar-refractivity contribution in [1.29, 1.82) is 0 Å². The molecule has 0 spiro atoms. The lowest BCUT2D eigenvalue weighted by atomic mass is 10.2. The molecule has 1 aliphatic heterocycles. The van der Waals surface area contributed by atoms with Crippen molar-refractivity contribution in [3.05, 3.63) is 11.5 Å². The summed E-state index contributed by atoms with van der Waals surface area (Å²) < 4.78 is 15.0. The predicted molar refractivity (Wildman–Crippen MR) is 70.6 cm³/mol. The average Bonchev–Trinajstić information content (AvgIpc) is 2.98. The van der Waals surface area contributed by atoms with E-state index in [0.717, 1.165) is 29.4 Å². The van der Waals surface area contributed by atoms with Crippen LogP contribution in [0.25, 0.3) is 11.5 Å². The van der Waals surface area contributed by atoms with Crippen molar-refractivity contribution in [1.82, 2.24) is 14.5 Å². The number of hydrogen-bond donors (Lipinski definition) is 1. The molecule has 8 heteroatoms. The van der Waals surface area contributed by atoms with Gasteiger partial charge in [-0.3, -0.25) is 0 Å². The summed E-state index contributed by atoms with van der Waals surface area (Å²) in [6.07, 6.45) is -0.0885. The Morgan fingerprint density at radius 2 is 2.33 bits per heavy atom. The van der Waals surface area contributed by atoms with Gasteiger partial charge in [-0.1, -0.05) is 5.16 Å². The van der Waals surface area contributed by atoms with Gasteiger partial charge in [0.15, 0.2) is 0 Å². The van der Waals surface area contributed by atoms with E-state index in [1.165, 1.54) is 11.5 Å². The second kappa shape index (κ2) is 4.87. The van der Waals surface area contributed by atoms with Gasteiger partial charge in [0, 0.05) is 11.5 Å². The third-order valence-corrected chi connectivity index (χ3v) is 4.41. The smallest absolute Gasteiger partial charge is 0.262 e. The molecule has 96 valence electrons. The first-order chi connectivity index (χ1) is 8.75. The van der Waals surface area contributed by atoms with E-state index < -0.39 is 0 Å². The molecular formula is C10H12N4O2S2. The van der Waals surface area contributed by atoms with Gasteiger partial charge in [0.2, 0.25) is 5.82 Å². The molecule has 1 saturated heterocycles. The summed E-state index contributed by atoms with van der Waals surface area (Å²) >= 11 is 3.06. The van der Waals surface area contributed by atoms with E-state index in [2.05, 4.69) is 14.5 Å². The monoisotopic (exact) mass is 284 g/mol. The van der Waals surface area contributed by atoms with Gasteiger partial charge in [-0.05, 0) is 18.5 Å². The first-order valence-corrected chi connectivity index (χ1v) is 7.43. The fourth-order valence-corrected chi connectivity index (χ4v) is 3.24. The molecule has 2 N–H and O–H groups in total. The van der Waals surface area contributed by atoms with Crippen LogP contribution in [-0.2, 0) is 4.74 Å². The molecular weight excluding hydrogens is 272 g/mol. The fourth-order valence-electron chi connectivity index (χ4n) is 1.75. The van der Waals surface area contributed by atoms with Crippen LogP contribution in [0.1, 0.15) is 17.6 Å². The molecule has 1 unspecified atom stereocenters. The standard InChI is InChI=1S/C10H12N4O2S2/c1-5-7(8(11)18-14-5)10-12-9(13-16-10)6-4-17-3-2-15-6/h6H,2-4,11H2,1H3. The van der Waals surface area contributed by atoms with Gasteiger partial charge in [-0.15, -0.1) is 0 Å². The van der Waals surface area contributed by atoms with Crippen LogP contribution < -0.4 is 5.73 Å². The molecule has 18 heavy (non-hydrogen) atoms. The van der Waals surface area contributed by atoms with Crippen LogP contribution >= 0.6 is 23.3 Å². The van der Waals surface area contributed by atoms with Crippen LogP contribution in [0.4, 0.5) is 5.00 Å². The zero-order valence-electron chi connectivity index (χ0n) is 9.75. The molecule has 0 radical (unpaired) electrons. The Labute approximate surface area is 112 Å². The maximum atomic E-state index is 5.85. The SMILES string of the molecule is Cc1nsc(N)c1-c1nc(C2CSCCO2)no1. The van der Waals surface area contributed by atoms with Crippen LogP contribution in [0, 0.1) is 6.92 Å². The third kappa shape index (κ3) is 2.11. The van der Waals surface area contributed by atoms with E-state index in [-0.39, 0.29) is 6.10 Å². The summed E-state index contributed by atoms with van der Waals surface area (Å²) in [5.41, 5.74) is 7.40. The van der Waals surface area contributed by atoms with Crippen molar-refractivity contribution < 1.29 is 9.26 Å². The van der Waals surface area contributed by atoms with E-state index in [0.29, 0.717) is 16.7 Å². The van der Waals surface area contributed by atoms with Crippen molar-refractivity contribution >= 4 is 28.3 Å². The summed E-state index contributed by atoms with van der Waals surface area (Å²) in [7, 11) is 0. The summed E-state index contributed by atoms with van der Waals surface area (Å²) in [5, 5.41) is 4.57. The number of aromatic nitrogens is 3. The third-order valence-electron chi connectivity index (χ3n) is 2.65. The minimum absolute atomic E-state index is 0.0885. The molecule has 0 aromatic carbocycles. The summed E-state index contributed by atoms with van der Waals surface area (Å²) in [6, 6.07) is 0. The van der Waals surface area contributed by atoms with Crippen molar-refractivity contribution in [2.24, 2.45) is 0 Å². The Balaban J connectivity index is 1.89. The molecule has 0 bridgehead atoms. The summed E-state index contributed by atoms with van der Waals surface area (Å²) in [4.78, 5) is 4.37. The number of nitrogens with two attached hydrogens (primary N) is 1. The van der Waals surface area contributed by atoms with Crippen molar-refractivity contribution in [3.8, 4) is 11.5 Å². The molecule has 1 fully saturated rings. The van der Waals surface area contributed by atoms with Gasteiger partial charge < -0.3 is 15.0 Å². The van der Waals surface area contributed by atoms with Gasteiger partial charge in [0.05, 0.1) is 17.9 Å². The zero-order valence-corrected chi connectivity index (χ0v) is 11.4. The topological polar surface area (TPSA) is 87.1 Å². The number of hydrogen-bond acceptors (Lipinski definition) is 8. The predicted octanol–water partition coefficient (Wildman–Crippen LogP) is 1.89. The summed E-state index contributed by atoms with van der Waals surface area (Å²) in [6.45, 7) is 2.60. The Bertz CT molecular complexity index is 528. The molecule has 3 heterocycles. The normalized spacial score (nSPS) is 20.2. The van der Waals surface area contributed by atoms with Gasteiger partial charge in [0.25, 0.3) is 5.89 Å². The molecule has 1 atom stereocenters. The average molecular weight is 284 g/mol. The van der Waals surface area contributed by atoms with Crippen LogP contribution in [0.15, 0.2) is 4.52 Å². The Morgan fingerprint density at radius 1 is 1.44 bits per heavy atom. The molecule has 6 nitrogen and oxygen atoms in total. The number of rotatable bonds is 2. The second-order valence-corrected chi connectivity index (χ2v) is 5.85. The maximum Gasteiger partial charge on any atom is 0.262 e. The number of ether oxygens (including phenoxy) is 1. The highest BCUT2D eigenvalue weighted by atomic mass is 32.2. The van der Waals surface area contributed by atoms with Gasteiger partial charge in [-0.2, -0.15) is 21.1 Å². The Hall–Kier alpha value is -1.12. The van der Waals surface area contributed by atoms with Crippen molar-refractivity contribution in [2.45, 2.75) is 13.0 Å². The molecule has 3 rings (SSSR count). The van der Waals surface area contributed by atoms with Crippen LogP contribution in [0.5, 0.6) is 0 Å². The van der Waals surface area contributed by atoms with Gasteiger partial charge in [-0.25, -0.2) is 0 Å². The van der Waals surface area contributed by atoms with Crippen LogP contribution in [0.3, 0.4) is 0 Å². The van der Waals surface area contributed by atoms with Gasteiger partial charge >= 0.3 is 0 Å². The maximum absolute atomic E-state index is 5.85. The van der Waals surface area contributed by atoms with Gasteiger partial charge in [0.1, 0.15) is 11.1 Å². The number of nitrogen functional groups attached to an aromatic ring is 1. The lowest BCUT2D eigenvalue weighted by molar-refractivity contribution is 0.0677. The number of thioether (sulfide) groups is 1. The van der Waals surface area contributed by atoms with E-state index in [1.54, 1.807) is 0 Å². The fraction of sp³-hybridized carbons (Fsp3) is 0.500. The summed E-state index contributed by atoms with van der Waals surface area (Å²) in [5.74, 6) is 2.88. The highest BCUT2D eigenvalue weighted by molar-refractivity contribution is 7.99. The zero-order chi connectivity index (χ0) is 12.5. The van der Waals surface area contributed by atoms with Crippen LogP contribution in [-0.4, -0.2) is 32.6 Å². The molecule has 2 aromatic heterocycles. The van der Waals surface area contributed by atoms with Crippen LogP contribution in [0.2, 0.25) is 0 Å². The highest BCUT2D eigenvalue weighted by Crippen LogP contribution is 2.32. The minimum Gasteiger partial charge on any atom is -0.389 e. The second-order valence-electron chi connectivity index (χ2n) is 3.90. The van der Waals surface area contributed by atoms with Crippen molar-refractivity contribution in [3.63, 3.8) is 0 Å². The largest absolute Gasteiger partial charge is 0.389 e.